The Hall–Kier alpha value is -1.76. The minimum atomic E-state index is -0.302. The van der Waals surface area contributed by atoms with Gasteiger partial charge in [-0.1, -0.05) is 5.92 Å². The molecule has 14 heavy (non-hydrogen) atoms. The van der Waals surface area contributed by atoms with Gasteiger partial charge in [0, 0.05) is 19.4 Å². The van der Waals surface area contributed by atoms with Crippen LogP contribution in [0.2, 0.25) is 0 Å². The van der Waals surface area contributed by atoms with Crippen molar-refractivity contribution in [1.29, 1.82) is 0 Å². The van der Waals surface area contributed by atoms with Gasteiger partial charge in [0.25, 0.3) is 0 Å². The molecule has 0 aliphatic heterocycles. The molecule has 0 aliphatic carbocycles. The average molecular weight is 191 g/mol. The van der Waals surface area contributed by atoms with E-state index < -0.39 is 0 Å². The van der Waals surface area contributed by atoms with Crippen molar-refractivity contribution in [2.75, 3.05) is 13.6 Å². The van der Waals surface area contributed by atoms with Crippen LogP contribution in [0.25, 0.3) is 0 Å². The summed E-state index contributed by atoms with van der Waals surface area (Å²) < 4.78 is 1.61. The van der Waals surface area contributed by atoms with Crippen LogP contribution in [0.4, 0.5) is 0 Å². The van der Waals surface area contributed by atoms with Gasteiger partial charge >= 0.3 is 0 Å². The number of hydrogen-bond donors (Lipinski definition) is 0. The fourth-order valence-corrected chi connectivity index (χ4v) is 1.16. The highest BCUT2D eigenvalue weighted by atomic mass is 16.2. The molecule has 1 amide bonds. The van der Waals surface area contributed by atoms with Gasteiger partial charge in [-0.25, -0.2) is 0 Å². The number of carbonyl (C=O) groups excluding carboxylic acids is 1. The number of aromatic nitrogens is 2. The van der Waals surface area contributed by atoms with Crippen molar-refractivity contribution < 1.29 is 4.79 Å². The van der Waals surface area contributed by atoms with E-state index in [1.54, 1.807) is 37.1 Å². The Morgan fingerprint density at radius 2 is 2.50 bits per heavy atom. The molecule has 1 rings (SSSR count). The highest BCUT2D eigenvalue weighted by Crippen LogP contribution is 2.06. The number of carbonyl (C=O) groups is 1. The SMILES string of the molecule is C#CCN(C)C(=O)C(C)n1cccn1. The molecular weight excluding hydrogens is 178 g/mol. The summed E-state index contributed by atoms with van der Waals surface area (Å²) >= 11 is 0. The van der Waals surface area contributed by atoms with Crippen LogP contribution < -0.4 is 0 Å². The van der Waals surface area contributed by atoms with Crippen molar-refractivity contribution in [3.63, 3.8) is 0 Å². The smallest absolute Gasteiger partial charge is 0.247 e. The maximum atomic E-state index is 11.7. The Kier molecular flexibility index (Phi) is 3.29. The van der Waals surface area contributed by atoms with Gasteiger partial charge in [0.1, 0.15) is 6.04 Å². The Labute approximate surface area is 83.5 Å². The summed E-state index contributed by atoms with van der Waals surface area (Å²) in [5.74, 6) is 2.39. The summed E-state index contributed by atoms with van der Waals surface area (Å²) in [6.45, 7) is 2.12. The Balaban J connectivity index is 2.67. The molecule has 0 bridgehead atoms. The zero-order valence-corrected chi connectivity index (χ0v) is 8.34. The Bertz CT molecular complexity index is 337. The van der Waals surface area contributed by atoms with Crippen LogP contribution in [-0.2, 0) is 4.79 Å². The molecule has 1 atom stereocenters. The highest BCUT2D eigenvalue weighted by Gasteiger charge is 2.18. The maximum absolute atomic E-state index is 11.7. The largest absolute Gasteiger partial charge is 0.333 e. The summed E-state index contributed by atoms with van der Waals surface area (Å²) in [6, 6.07) is 1.48. The lowest BCUT2D eigenvalue weighted by molar-refractivity contribution is -0.132. The molecule has 4 nitrogen and oxygen atoms in total. The van der Waals surface area contributed by atoms with Crippen LogP contribution in [0.1, 0.15) is 13.0 Å². The predicted molar refractivity (Wildman–Crippen MR) is 53.4 cm³/mol. The van der Waals surface area contributed by atoms with Crippen LogP contribution in [0.15, 0.2) is 18.5 Å². The molecule has 0 N–H and O–H groups in total. The van der Waals surface area contributed by atoms with E-state index in [4.69, 9.17) is 6.42 Å². The van der Waals surface area contributed by atoms with Gasteiger partial charge in [0.15, 0.2) is 0 Å². The first-order valence-corrected chi connectivity index (χ1v) is 4.34. The zero-order valence-electron chi connectivity index (χ0n) is 8.34. The summed E-state index contributed by atoms with van der Waals surface area (Å²) in [5, 5.41) is 4.00. The van der Waals surface area contributed by atoms with E-state index in [2.05, 4.69) is 11.0 Å². The number of terminal acetylenes is 1. The lowest BCUT2D eigenvalue weighted by atomic mass is 10.3. The molecule has 1 heterocycles. The van der Waals surface area contributed by atoms with Gasteiger partial charge in [0.05, 0.1) is 6.54 Å². The van der Waals surface area contributed by atoms with E-state index >= 15 is 0 Å². The number of nitrogens with zero attached hydrogens (tertiary/aromatic N) is 3. The topological polar surface area (TPSA) is 38.1 Å². The van der Waals surface area contributed by atoms with Crippen LogP contribution >= 0.6 is 0 Å². The predicted octanol–water partition coefficient (Wildman–Crippen LogP) is 0.536. The molecule has 0 radical (unpaired) electrons. The molecule has 0 saturated heterocycles. The van der Waals surface area contributed by atoms with E-state index in [0.717, 1.165) is 0 Å². The molecule has 1 aromatic rings. The number of hydrogen-bond acceptors (Lipinski definition) is 2. The first kappa shape index (κ1) is 10.3. The van der Waals surface area contributed by atoms with Crippen LogP contribution in [0, 0.1) is 12.3 Å². The van der Waals surface area contributed by atoms with Gasteiger partial charge in [0.2, 0.25) is 5.91 Å². The monoisotopic (exact) mass is 191 g/mol. The van der Waals surface area contributed by atoms with Crippen molar-refractivity contribution in [2.45, 2.75) is 13.0 Å². The maximum Gasteiger partial charge on any atom is 0.247 e. The molecule has 1 unspecified atom stereocenters. The third-order valence-corrected chi connectivity index (χ3v) is 1.98. The molecular formula is C10H13N3O. The first-order valence-electron chi connectivity index (χ1n) is 4.34. The van der Waals surface area contributed by atoms with Gasteiger partial charge in [-0.3, -0.25) is 9.48 Å². The zero-order chi connectivity index (χ0) is 10.6. The molecule has 0 aromatic carbocycles. The van der Waals surface area contributed by atoms with Gasteiger partial charge in [-0.05, 0) is 13.0 Å². The second-order valence-corrected chi connectivity index (χ2v) is 3.06. The molecule has 1 aromatic heterocycles. The molecule has 4 heteroatoms. The lowest BCUT2D eigenvalue weighted by Crippen LogP contribution is -2.33. The van der Waals surface area contributed by atoms with Crippen LogP contribution in [0.5, 0.6) is 0 Å². The summed E-state index contributed by atoms with van der Waals surface area (Å²) in [5.41, 5.74) is 0. The van der Waals surface area contributed by atoms with Gasteiger partial charge in [-0.2, -0.15) is 5.10 Å². The second-order valence-electron chi connectivity index (χ2n) is 3.06. The third kappa shape index (κ3) is 2.13. The standard InChI is InChI=1S/C10H13N3O/c1-4-7-12(3)10(14)9(2)13-8-5-6-11-13/h1,5-6,8-9H,7H2,2-3H3. The quantitative estimate of drug-likeness (QED) is 0.654. The minimum Gasteiger partial charge on any atom is -0.333 e. The van der Waals surface area contributed by atoms with E-state index in [1.165, 1.54) is 4.90 Å². The normalized spacial score (nSPS) is 11.8. The van der Waals surface area contributed by atoms with Crippen LogP contribution in [0.3, 0.4) is 0 Å². The third-order valence-electron chi connectivity index (χ3n) is 1.98. The highest BCUT2D eigenvalue weighted by molar-refractivity contribution is 5.79. The van der Waals surface area contributed by atoms with Gasteiger partial charge in [-0.15, -0.1) is 6.42 Å². The molecule has 0 spiro atoms. The Morgan fingerprint density at radius 1 is 1.79 bits per heavy atom. The number of rotatable bonds is 3. The summed E-state index contributed by atoms with van der Waals surface area (Å²) in [6.07, 6.45) is 8.52. The lowest BCUT2D eigenvalue weighted by Gasteiger charge is -2.19. The van der Waals surface area contributed by atoms with Crippen molar-refractivity contribution in [1.82, 2.24) is 14.7 Å². The summed E-state index contributed by atoms with van der Waals surface area (Å²) in [4.78, 5) is 13.2. The van der Waals surface area contributed by atoms with Crippen molar-refractivity contribution in [3.8, 4) is 12.3 Å². The Morgan fingerprint density at radius 3 is 3.00 bits per heavy atom. The first-order chi connectivity index (χ1) is 6.66. The van der Waals surface area contributed by atoms with E-state index in [-0.39, 0.29) is 11.9 Å². The molecule has 0 aliphatic rings. The van der Waals surface area contributed by atoms with E-state index in [1.807, 2.05) is 0 Å². The van der Waals surface area contributed by atoms with Crippen molar-refractivity contribution in [3.05, 3.63) is 18.5 Å². The molecule has 74 valence electrons. The number of amides is 1. The number of likely N-dealkylation sites (N-methyl/N-ethyl adjacent to an activating group) is 1. The minimum absolute atomic E-state index is 0.0355. The molecule has 0 saturated carbocycles. The van der Waals surface area contributed by atoms with Gasteiger partial charge < -0.3 is 4.90 Å². The summed E-state index contributed by atoms with van der Waals surface area (Å²) in [7, 11) is 1.68. The second kappa shape index (κ2) is 4.47. The van der Waals surface area contributed by atoms with Crippen molar-refractivity contribution >= 4 is 5.91 Å². The van der Waals surface area contributed by atoms with E-state index in [9.17, 15) is 4.79 Å². The van der Waals surface area contributed by atoms with E-state index in [0.29, 0.717) is 6.54 Å². The molecule has 0 fully saturated rings. The fraction of sp³-hybridized carbons (Fsp3) is 0.400. The van der Waals surface area contributed by atoms with Crippen LogP contribution in [-0.4, -0.2) is 34.2 Å². The fourth-order valence-electron chi connectivity index (χ4n) is 1.16. The average Bonchev–Trinajstić information content (AvgIpc) is 2.68. The van der Waals surface area contributed by atoms with Crippen molar-refractivity contribution in [2.24, 2.45) is 0 Å².